The van der Waals surface area contributed by atoms with Crippen molar-refractivity contribution < 1.29 is 9.90 Å². The molecule has 1 unspecified atom stereocenters. The molecule has 0 aromatic rings. The smallest absolute Gasteiger partial charge is 0.129 e. The van der Waals surface area contributed by atoms with E-state index in [0.717, 1.165) is 12.8 Å². The van der Waals surface area contributed by atoms with Crippen LogP contribution in [0.1, 0.15) is 33.1 Å². The fraction of sp³-hybridized carbons (Fsp3) is 0.875. The number of carbonyl (C=O) groups is 1. The van der Waals surface area contributed by atoms with Crippen LogP contribution in [0.15, 0.2) is 0 Å². The van der Waals surface area contributed by atoms with Gasteiger partial charge >= 0.3 is 0 Å². The van der Waals surface area contributed by atoms with Gasteiger partial charge in [-0.25, -0.2) is 0 Å². The van der Waals surface area contributed by atoms with Crippen LogP contribution in [0.3, 0.4) is 0 Å². The summed E-state index contributed by atoms with van der Waals surface area (Å²) in [5.41, 5.74) is 0. The summed E-state index contributed by atoms with van der Waals surface area (Å²) < 4.78 is 0. The summed E-state index contributed by atoms with van der Waals surface area (Å²) in [7, 11) is 0. The maximum Gasteiger partial charge on any atom is 0.129 e. The summed E-state index contributed by atoms with van der Waals surface area (Å²) in [6.45, 7) is 3.82. The van der Waals surface area contributed by atoms with Crippen molar-refractivity contribution >= 4 is 5.78 Å². The van der Waals surface area contributed by atoms with Crippen molar-refractivity contribution in [3.63, 3.8) is 0 Å². The molecule has 0 bridgehead atoms. The van der Waals surface area contributed by atoms with Gasteiger partial charge in [-0.2, -0.15) is 0 Å². The highest BCUT2D eigenvalue weighted by molar-refractivity contribution is 5.75. The molecule has 0 fully saturated rings. The van der Waals surface area contributed by atoms with Gasteiger partial charge in [0.2, 0.25) is 0 Å². The van der Waals surface area contributed by atoms with E-state index in [1.807, 2.05) is 6.92 Å². The second-order valence-electron chi connectivity index (χ2n) is 2.88. The van der Waals surface area contributed by atoms with Crippen LogP contribution in [0.4, 0.5) is 0 Å². The van der Waals surface area contributed by atoms with Gasteiger partial charge in [0.15, 0.2) is 0 Å². The van der Waals surface area contributed by atoms with Crippen molar-refractivity contribution in [3.8, 4) is 0 Å². The lowest BCUT2D eigenvalue weighted by molar-refractivity contribution is -0.117. The molecule has 2 heteroatoms. The first-order chi connectivity index (χ1) is 4.66. The van der Waals surface area contributed by atoms with E-state index in [0.29, 0.717) is 12.3 Å². The number of carbonyl (C=O) groups excluding carboxylic acids is 1. The average molecular weight is 144 g/mol. The fourth-order valence-electron chi connectivity index (χ4n) is 0.791. The van der Waals surface area contributed by atoms with E-state index in [1.165, 1.54) is 0 Å². The Balaban J connectivity index is 3.11. The minimum Gasteiger partial charge on any atom is -0.396 e. The molecular formula is C8H16O2. The molecule has 0 heterocycles. The summed E-state index contributed by atoms with van der Waals surface area (Å²) in [6, 6.07) is 0. The molecule has 10 heavy (non-hydrogen) atoms. The highest BCUT2D eigenvalue weighted by atomic mass is 16.3. The number of aliphatic hydroxyl groups is 1. The minimum atomic E-state index is 0.234. The highest BCUT2D eigenvalue weighted by Crippen LogP contribution is 2.06. The summed E-state index contributed by atoms with van der Waals surface area (Å²) >= 11 is 0. The zero-order chi connectivity index (χ0) is 7.98. The molecule has 0 spiro atoms. The van der Waals surface area contributed by atoms with Gasteiger partial charge in [-0.1, -0.05) is 6.92 Å². The largest absolute Gasteiger partial charge is 0.396 e. The van der Waals surface area contributed by atoms with Gasteiger partial charge in [-0.3, -0.25) is 0 Å². The first-order valence-electron chi connectivity index (χ1n) is 3.77. The fourth-order valence-corrected chi connectivity index (χ4v) is 0.791. The molecule has 0 aromatic heterocycles. The third kappa shape index (κ3) is 5.76. The van der Waals surface area contributed by atoms with E-state index in [9.17, 15) is 4.79 Å². The SMILES string of the molecule is CC(=O)CCCC(C)CO. The number of hydrogen-bond acceptors (Lipinski definition) is 2. The number of ketones is 1. The lowest BCUT2D eigenvalue weighted by Gasteiger charge is -2.04. The van der Waals surface area contributed by atoms with Gasteiger partial charge in [-0.05, 0) is 25.7 Å². The van der Waals surface area contributed by atoms with Crippen LogP contribution >= 0.6 is 0 Å². The molecule has 0 saturated heterocycles. The normalized spacial score (nSPS) is 13.1. The zero-order valence-electron chi connectivity index (χ0n) is 6.76. The molecule has 0 aliphatic heterocycles. The molecule has 1 atom stereocenters. The van der Waals surface area contributed by atoms with Gasteiger partial charge in [0.1, 0.15) is 5.78 Å². The third-order valence-electron chi connectivity index (χ3n) is 1.54. The molecule has 60 valence electrons. The number of aliphatic hydroxyl groups excluding tert-OH is 1. The van der Waals surface area contributed by atoms with Crippen molar-refractivity contribution in [2.45, 2.75) is 33.1 Å². The summed E-state index contributed by atoms with van der Waals surface area (Å²) in [6.07, 6.45) is 2.53. The molecule has 0 saturated carbocycles. The maximum absolute atomic E-state index is 10.5. The zero-order valence-corrected chi connectivity index (χ0v) is 6.76. The van der Waals surface area contributed by atoms with Crippen molar-refractivity contribution in [2.24, 2.45) is 5.92 Å². The Bertz CT molecular complexity index is 99.4. The summed E-state index contributed by atoms with van der Waals surface area (Å²) in [4.78, 5) is 10.5. The Morgan fingerprint density at radius 2 is 2.20 bits per heavy atom. The van der Waals surface area contributed by atoms with E-state index in [4.69, 9.17) is 5.11 Å². The van der Waals surface area contributed by atoms with Gasteiger partial charge in [0, 0.05) is 13.0 Å². The van der Waals surface area contributed by atoms with E-state index < -0.39 is 0 Å². The topological polar surface area (TPSA) is 37.3 Å². The molecule has 1 N–H and O–H groups in total. The monoisotopic (exact) mass is 144 g/mol. The van der Waals surface area contributed by atoms with Gasteiger partial charge in [0.25, 0.3) is 0 Å². The van der Waals surface area contributed by atoms with Gasteiger partial charge in [0.05, 0.1) is 0 Å². The summed E-state index contributed by atoms with van der Waals surface area (Å²) in [5, 5.41) is 8.62. The van der Waals surface area contributed by atoms with Gasteiger partial charge < -0.3 is 9.90 Å². The Hall–Kier alpha value is -0.370. The Labute approximate surface area is 62.2 Å². The van der Waals surface area contributed by atoms with Crippen LogP contribution in [-0.2, 0) is 4.79 Å². The summed E-state index contributed by atoms with van der Waals surface area (Å²) in [5.74, 6) is 0.587. The van der Waals surface area contributed by atoms with Crippen LogP contribution < -0.4 is 0 Å². The second kappa shape index (κ2) is 5.42. The molecule has 0 aliphatic rings. The average Bonchev–Trinajstić information content (AvgIpc) is 1.87. The first-order valence-corrected chi connectivity index (χ1v) is 3.77. The van der Waals surface area contributed by atoms with Crippen molar-refractivity contribution in [1.82, 2.24) is 0 Å². The Morgan fingerprint density at radius 3 is 2.60 bits per heavy atom. The van der Waals surface area contributed by atoms with Crippen molar-refractivity contribution in [3.05, 3.63) is 0 Å². The molecule has 0 aliphatic carbocycles. The van der Waals surface area contributed by atoms with Crippen molar-refractivity contribution in [1.29, 1.82) is 0 Å². The van der Waals surface area contributed by atoms with Gasteiger partial charge in [-0.15, -0.1) is 0 Å². The second-order valence-corrected chi connectivity index (χ2v) is 2.88. The van der Waals surface area contributed by atoms with Crippen LogP contribution in [0.25, 0.3) is 0 Å². The number of Topliss-reactive ketones (excluding diaryl/α,β-unsaturated/α-hetero) is 1. The molecule has 0 rings (SSSR count). The molecule has 2 nitrogen and oxygen atoms in total. The van der Waals surface area contributed by atoms with E-state index in [1.54, 1.807) is 6.92 Å². The molecule has 0 aromatic carbocycles. The predicted molar refractivity (Wildman–Crippen MR) is 40.8 cm³/mol. The van der Waals surface area contributed by atoms with Crippen LogP contribution in [-0.4, -0.2) is 17.5 Å². The van der Waals surface area contributed by atoms with E-state index in [-0.39, 0.29) is 12.4 Å². The molecule has 0 amide bonds. The third-order valence-corrected chi connectivity index (χ3v) is 1.54. The Morgan fingerprint density at radius 1 is 1.60 bits per heavy atom. The number of hydrogen-bond donors (Lipinski definition) is 1. The molecular weight excluding hydrogens is 128 g/mol. The standard InChI is InChI=1S/C8H16O2/c1-7(6-9)4-3-5-8(2)10/h7,9H,3-6H2,1-2H3. The quantitative estimate of drug-likeness (QED) is 0.632. The maximum atomic E-state index is 10.5. The Kier molecular flexibility index (Phi) is 5.22. The first kappa shape index (κ1) is 9.63. The van der Waals surface area contributed by atoms with E-state index >= 15 is 0 Å². The van der Waals surface area contributed by atoms with Crippen molar-refractivity contribution in [2.75, 3.05) is 6.61 Å². The molecule has 0 radical (unpaired) electrons. The predicted octanol–water partition coefficient (Wildman–Crippen LogP) is 1.37. The van der Waals surface area contributed by atoms with Crippen LogP contribution in [0.2, 0.25) is 0 Å². The van der Waals surface area contributed by atoms with E-state index in [2.05, 4.69) is 0 Å². The minimum absolute atomic E-state index is 0.234. The lowest BCUT2D eigenvalue weighted by atomic mass is 10.0. The lowest BCUT2D eigenvalue weighted by Crippen LogP contribution is -2.01. The highest BCUT2D eigenvalue weighted by Gasteiger charge is 1.99. The number of rotatable bonds is 5. The van der Waals surface area contributed by atoms with Crippen LogP contribution in [0.5, 0.6) is 0 Å². The van der Waals surface area contributed by atoms with Crippen LogP contribution in [0, 0.1) is 5.92 Å².